The summed E-state index contributed by atoms with van der Waals surface area (Å²) in [6.45, 7) is 7.13. The SMILES string of the molecule is CC(C)Cn1cnc2cc(C(=O)N3CCC(OCc4cccnc4)CC3)cnc21. The molecule has 3 aromatic rings. The number of carbonyl (C=O) groups excluding carboxylic acids is 1. The second kappa shape index (κ2) is 8.69. The number of piperidine rings is 1. The van der Waals surface area contributed by atoms with Crippen LogP contribution in [0.4, 0.5) is 0 Å². The molecule has 0 spiro atoms. The molecule has 0 aliphatic carbocycles. The summed E-state index contributed by atoms with van der Waals surface area (Å²) in [5.74, 6) is 0.528. The Bertz CT molecular complexity index is 962. The number of fused-ring (bicyclic) bond motifs is 1. The van der Waals surface area contributed by atoms with E-state index < -0.39 is 0 Å². The number of hydrogen-bond donors (Lipinski definition) is 0. The molecule has 4 heterocycles. The van der Waals surface area contributed by atoms with Crippen molar-refractivity contribution in [3.63, 3.8) is 0 Å². The van der Waals surface area contributed by atoms with Crippen LogP contribution in [0.3, 0.4) is 0 Å². The van der Waals surface area contributed by atoms with E-state index in [1.165, 1.54) is 0 Å². The van der Waals surface area contributed by atoms with Crippen LogP contribution in [0.25, 0.3) is 11.2 Å². The molecule has 1 saturated heterocycles. The van der Waals surface area contributed by atoms with Gasteiger partial charge < -0.3 is 14.2 Å². The summed E-state index contributed by atoms with van der Waals surface area (Å²) in [5, 5.41) is 0. The van der Waals surface area contributed by atoms with Crippen molar-refractivity contribution in [1.82, 2.24) is 24.4 Å². The fourth-order valence-corrected chi connectivity index (χ4v) is 3.70. The molecular weight excluding hydrogens is 366 g/mol. The van der Waals surface area contributed by atoms with Crippen LogP contribution in [-0.2, 0) is 17.9 Å². The van der Waals surface area contributed by atoms with Gasteiger partial charge in [-0.1, -0.05) is 19.9 Å². The Kier molecular flexibility index (Phi) is 5.85. The lowest BCUT2D eigenvalue weighted by molar-refractivity contribution is -0.000473. The van der Waals surface area contributed by atoms with Crippen LogP contribution in [0.15, 0.2) is 43.1 Å². The zero-order valence-electron chi connectivity index (χ0n) is 17.0. The van der Waals surface area contributed by atoms with Crippen LogP contribution in [-0.4, -0.2) is 49.5 Å². The fourth-order valence-electron chi connectivity index (χ4n) is 3.70. The van der Waals surface area contributed by atoms with Gasteiger partial charge in [-0.15, -0.1) is 0 Å². The molecule has 1 fully saturated rings. The maximum Gasteiger partial charge on any atom is 0.255 e. The van der Waals surface area contributed by atoms with Gasteiger partial charge in [-0.05, 0) is 36.5 Å². The summed E-state index contributed by atoms with van der Waals surface area (Å²) in [7, 11) is 0. The molecule has 0 radical (unpaired) electrons. The van der Waals surface area contributed by atoms with Crippen molar-refractivity contribution in [2.45, 2.75) is 45.9 Å². The average molecular weight is 393 g/mol. The van der Waals surface area contributed by atoms with E-state index in [-0.39, 0.29) is 12.0 Å². The van der Waals surface area contributed by atoms with Gasteiger partial charge in [0.2, 0.25) is 0 Å². The molecule has 152 valence electrons. The van der Waals surface area contributed by atoms with Crippen LogP contribution in [0.2, 0.25) is 0 Å². The van der Waals surface area contributed by atoms with Crippen LogP contribution < -0.4 is 0 Å². The molecule has 1 amide bonds. The van der Waals surface area contributed by atoms with Crippen LogP contribution in [0.5, 0.6) is 0 Å². The maximum absolute atomic E-state index is 12.9. The van der Waals surface area contributed by atoms with E-state index in [2.05, 4.69) is 28.8 Å². The van der Waals surface area contributed by atoms with Crippen molar-refractivity contribution in [2.75, 3.05) is 13.1 Å². The lowest BCUT2D eigenvalue weighted by atomic mass is 10.1. The normalized spacial score (nSPS) is 15.3. The van der Waals surface area contributed by atoms with E-state index in [9.17, 15) is 4.79 Å². The lowest BCUT2D eigenvalue weighted by Crippen LogP contribution is -2.40. The Morgan fingerprint density at radius 2 is 2.07 bits per heavy atom. The lowest BCUT2D eigenvalue weighted by Gasteiger charge is -2.32. The zero-order valence-corrected chi connectivity index (χ0v) is 17.0. The van der Waals surface area contributed by atoms with Gasteiger partial charge in [-0.2, -0.15) is 0 Å². The molecule has 3 aromatic heterocycles. The molecule has 0 atom stereocenters. The summed E-state index contributed by atoms with van der Waals surface area (Å²) < 4.78 is 8.03. The second-order valence-electron chi connectivity index (χ2n) is 8.02. The largest absolute Gasteiger partial charge is 0.373 e. The molecular formula is C22H27N5O2. The van der Waals surface area contributed by atoms with E-state index >= 15 is 0 Å². The van der Waals surface area contributed by atoms with Crippen LogP contribution in [0, 0.1) is 5.92 Å². The van der Waals surface area contributed by atoms with Crippen molar-refractivity contribution in [1.29, 1.82) is 0 Å². The summed E-state index contributed by atoms with van der Waals surface area (Å²) in [6, 6.07) is 5.78. The highest BCUT2D eigenvalue weighted by Gasteiger charge is 2.25. The Balaban J connectivity index is 1.34. The van der Waals surface area contributed by atoms with E-state index in [1.54, 1.807) is 18.7 Å². The van der Waals surface area contributed by atoms with Crippen molar-refractivity contribution < 1.29 is 9.53 Å². The number of aromatic nitrogens is 4. The first-order valence-corrected chi connectivity index (χ1v) is 10.2. The summed E-state index contributed by atoms with van der Waals surface area (Å²) in [5.41, 5.74) is 3.27. The topological polar surface area (TPSA) is 73.1 Å². The fraction of sp³-hybridized carbons (Fsp3) is 0.455. The van der Waals surface area contributed by atoms with Gasteiger partial charge in [0.05, 0.1) is 24.6 Å². The van der Waals surface area contributed by atoms with E-state index in [4.69, 9.17) is 4.74 Å². The van der Waals surface area contributed by atoms with E-state index in [1.807, 2.05) is 33.9 Å². The highest BCUT2D eigenvalue weighted by atomic mass is 16.5. The van der Waals surface area contributed by atoms with Gasteiger partial charge in [0.25, 0.3) is 5.91 Å². The third-order valence-electron chi connectivity index (χ3n) is 5.20. The molecule has 7 nitrogen and oxygen atoms in total. The second-order valence-corrected chi connectivity index (χ2v) is 8.02. The van der Waals surface area contributed by atoms with Crippen molar-refractivity contribution in [3.8, 4) is 0 Å². The molecule has 0 saturated carbocycles. The molecule has 0 N–H and O–H groups in total. The maximum atomic E-state index is 12.9. The van der Waals surface area contributed by atoms with E-state index in [0.29, 0.717) is 31.2 Å². The average Bonchev–Trinajstić information content (AvgIpc) is 3.14. The molecule has 7 heteroatoms. The third kappa shape index (κ3) is 4.62. The molecule has 4 rings (SSSR count). The predicted octanol–water partition coefficient (Wildman–Crippen LogP) is 3.30. The zero-order chi connectivity index (χ0) is 20.2. The van der Waals surface area contributed by atoms with Crippen molar-refractivity contribution in [2.24, 2.45) is 5.92 Å². The highest BCUT2D eigenvalue weighted by molar-refractivity contribution is 5.96. The molecule has 1 aliphatic heterocycles. The minimum Gasteiger partial charge on any atom is -0.373 e. The predicted molar refractivity (Wildman–Crippen MR) is 110 cm³/mol. The van der Waals surface area contributed by atoms with Gasteiger partial charge in [-0.25, -0.2) is 9.97 Å². The standard InChI is InChI=1S/C22H27N5O2/c1-16(2)13-27-15-25-20-10-18(12-24-21(20)27)22(28)26-8-5-19(6-9-26)29-14-17-4-3-7-23-11-17/h3-4,7,10-12,15-16,19H,5-6,8-9,13-14H2,1-2H3. The Labute approximate surface area is 170 Å². The molecule has 0 aromatic carbocycles. The number of rotatable bonds is 6. The summed E-state index contributed by atoms with van der Waals surface area (Å²) in [6.07, 6.45) is 8.91. The molecule has 0 bridgehead atoms. The minimum absolute atomic E-state index is 0.0171. The van der Waals surface area contributed by atoms with Gasteiger partial charge in [0, 0.05) is 38.2 Å². The number of carbonyl (C=O) groups is 1. The van der Waals surface area contributed by atoms with Gasteiger partial charge in [0.1, 0.15) is 5.52 Å². The summed E-state index contributed by atoms with van der Waals surface area (Å²) in [4.78, 5) is 27.9. The monoisotopic (exact) mass is 393 g/mol. The number of ether oxygens (including phenoxy) is 1. The molecule has 0 unspecified atom stereocenters. The Morgan fingerprint density at radius 3 is 2.79 bits per heavy atom. The summed E-state index contributed by atoms with van der Waals surface area (Å²) >= 11 is 0. The van der Waals surface area contributed by atoms with Crippen LogP contribution >= 0.6 is 0 Å². The van der Waals surface area contributed by atoms with Crippen LogP contribution in [0.1, 0.15) is 42.6 Å². The van der Waals surface area contributed by atoms with Crippen molar-refractivity contribution in [3.05, 3.63) is 54.2 Å². The first-order chi connectivity index (χ1) is 14.1. The van der Waals surface area contributed by atoms with Gasteiger partial charge in [-0.3, -0.25) is 9.78 Å². The number of hydrogen-bond acceptors (Lipinski definition) is 5. The molecule has 1 aliphatic rings. The van der Waals surface area contributed by atoms with Gasteiger partial charge >= 0.3 is 0 Å². The smallest absolute Gasteiger partial charge is 0.255 e. The quantitative estimate of drug-likeness (QED) is 0.642. The Morgan fingerprint density at radius 1 is 1.24 bits per heavy atom. The number of nitrogens with zero attached hydrogens (tertiary/aromatic N) is 5. The first-order valence-electron chi connectivity index (χ1n) is 10.2. The van der Waals surface area contributed by atoms with Crippen molar-refractivity contribution >= 4 is 17.1 Å². The number of imidazole rings is 1. The minimum atomic E-state index is 0.0171. The Hall–Kier alpha value is -2.80. The number of pyridine rings is 2. The highest BCUT2D eigenvalue weighted by Crippen LogP contribution is 2.19. The number of amides is 1. The van der Waals surface area contributed by atoms with Gasteiger partial charge in [0.15, 0.2) is 5.65 Å². The van der Waals surface area contributed by atoms with E-state index in [0.717, 1.165) is 36.1 Å². The third-order valence-corrected chi connectivity index (χ3v) is 5.20. The number of likely N-dealkylation sites (tertiary alicyclic amines) is 1. The molecule has 29 heavy (non-hydrogen) atoms. The first kappa shape index (κ1) is 19.5.